The highest BCUT2D eigenvalue weighted by atomic mass is 16.3. The first-order valence-electron chi connectivity index (χ1n) is 7.62. The fourth-order valence-electron chi connectivity index (χ4n) is 2.00. The second kappa shape index (κ2) is 14.0. The SMILES string of the molecule is CCCCCCCCCNCCCC(C)CO. The predicted molar refractivity (Wildman–Crippen MR) is 76.3 cm³/mol. The molecule has 0 saturated carbocycles. The Morgan fingerprint density at radius 1 is 0.882 bits per heavy atom. The second-order valence-electron chi connectivity index (χ2n) is 5.30. The number of hydrogen-bond donors (Lipinski definition) is 2. The third-order valence-electron chi connectivity index (χ3n) is 3.32. The van der Waals surface area contributed by atoms with E-state index in [1.807, 2.05) is 0 Å². The van der Waals surface area contributed by atoms with Gasteiger partial charge in [0, 0.05) is 6.61 Å². The van der Waals surface area contributed by atoms with E-state index < -0.39 is 0 Å². The van der Waals surface area contributed by atoms with Crippen LogP contribution in [0.3, 0.4) is 0 Å². The van der Waals surface area contributed by atoms with E-state index in [2.05, 4.69) is 19.2 Å². The number of rotatable bonds is 13. The zero-order valence-electron chi connectivity index (χ0n) is 12.0. The normalized spacial score (nSPS) is 12.9. The van der Waals surface area contributed by atoms with Gasteiger partial charge in [0.1, 0.15) is 0 Å². The molecule has 0 aromatic heterocycles. The molecule has 0 aromatic rings. The molecule has 0 aliphatic rings. The fourth-order valence-corrected chi connectivity index (χ4v) is 2.00. The lowest BCUT2D eigenvalue weighted by Gasteiger charge is -2.08. The van der Waals surface area contributed by atoms with Crippen molar-refractivity contribution in [1.29, 1.82) is 0 Å². The van der Waals surface area contributed by atoms with E-state index in [1.165, 1.54) is 57.9 Å². The van der Waals surface area contributed by atoms with Gasteiger partial charge in [-0.3, -0.25) is 0 Å². The first-order valence-corrected chi connectivity index (χ1v) is 7.62. The zero-order chi connectivity index (χ0) is 12.8. The van der Waals surface area contributed by atoms with E-state index in [1.54, 1.807) is 0 Å². The Kier molecular flexibility index (Phi) is 13.9. The highest BCUT2D eigenvalue weighted by Crippen LogP contribution is 2.06. The molecule has 0 rings (SSSR count). The standard InChI is InChI=1S/C15H33NO/c1-3-4-5-6-7-8-9-12-16-13-10-11-15(2)14-17/h15-17H,3-14H2,1-2H3. The molecule has 0 heterocycles. The van der Waals surface area contributed by atoms with Crippen LogP contribution in [0.1, 0.15) is 71.6 Å². The van der Waals surface area contributed by atoms with Crippen molar-refractivity contribution in [2.24, 2.45) is 5.92 Å². The second-order valence-corrected chi connectivity index (χ2v) is 5.30. The maximum Gasteiger partial charge on any atom is 0.0456 e. The molecule has 0 aliphatic heterocycles. The van der Waals surface area contributed by atoms with E-state index in [4.69, 9.17) is 5.11 Å². The number of hydrogen-bond acceptors (Lipinski definition) is 2. The summed E-state index contributed by atoms with van der Waals surface area (Å²) in [6, 6.07) is 0. The smallest absolute Gasteiger partial charge is 0.0456 e. The molecule has 0 aromatic carbocycles. The third-order valence-corrected chi connectivity index (χ3v) is 3.32. The molecular formula is C15H33NO. The van der Waals surface area contributed by atoms with Crippen molar-refractivity contribution in [3.63, 3.8) is 0 Å². The zero-order valence-corrected chi connectivity index (χ0v) is 12.0. The lowest BCUT2D eigenvalue weighted by atomic mass is 10.1. The Morgan fingerprint density at radius 3 is 2.12 bits per heavy atom. The summed E-state index contributed by atoms with van der Waals surface area (Å²) in [5.74, 6) is 0.468. The lowest BCUT2D eigenvalue weighted by molar-refractivity contribution is 0.228. The average Bonchev–Trinajstić information content (AvgIpc) is 2.35. The van der Waals surface area contributed by atoms with Crippen molar-refractivity contribution in [3.8, 4) is 0 Å². The van der Waals surface area contributed by atoms with E-state index in [0.29, 0.717) is 12.5 Å². The Bertz CT molecular complexity index is 139. The maximum absolute atomic E-state index is 8.88. The molecule has 0 fully saturated rings. The molecule has 2 nitrogen and oxygen atoms in total. The van der Waals surface area contributed by atoms with Gasteiger partial charge < -0.3 is 10.4 Å². The molecule has 2 N–H and O–H groups in total. The Morgan fingerprint density at radius 2 is 1.47 bits per heavy atom. The minimum atomic E-state index is 0.331. The summed E-state index contributed by atoms with van der Waals surface area (Å²) in [5, 5.41) is 12.4. The number of aliphatic hydroxyl groups excluding tert-OH is 1. The molecule has 0 saturated heterocycles. The predicted octanol–water partition coefficient (Wildman–Crippen LogP) is 3.74. The van der Waals surface area contributed by atoms with Crippen LogP contribution in [0.2, 0.25) is 0 Å². The fraction of sp³-hybridized carbons (Fsp3) is 1.00. The molecule has 1 atom stereocenters. The van der Waals surface area contributed by atoms with E-state index >= 15 is 0 Å². The molecule has 0 radical (unpaired) electrons. The molecule has 1 unspecified atom stereocenters. The van der Waals surface area contributed by atoms with Crippen LogP contribution in [0.5, 0.6) is 0 Å². The van der Waals surface area contributed by atoms with Crippen LogP contribution in [-0.2, 0) is 0 Å². The van der Waals surface area contributed by atoms with Gasteiger partial charge >= 0.3 is 0 Å². The third kappa shape index (κ3) is 13.9. The van der Waals surface area contributed by atoms with Gasteiger partial charge in [-0.25, -0.2) is 0 Å². The van der Waals surface area contributed by atoms with Crippen LogP contribution >= 0.6 is 0 Å². The lowest BCUT2D eigenvalue weighted by Crippen LogP contribution is -2.17. The molecule has 0 amide bonds. The summed E-state index contributed by atoms with van der Waals surface area (Å²) in [5.41, 5.74) is 0. The van der Waals surface area contributed by atoms with Crippen molar-refractivity contribution < 1.29 is 5.11 Å². The Balaban J connectivity index is 2.94. The summed E-state index contributed by atoms with van der Waals surface area (Å²) in [6.07, 6.45) is 12.0. The van der Waals surface area contributed by atoms with Gasteiger partial charge in [-0.1, -0.05) is 52.4 Å². The van der Waals surface area contributed by atoms with Crippen LogP contribution in [0.25, 0.3) is 0 Å². The van der Waals surface area contributed by atoms with Gasteiger partial charge in [-0.2, -0.15) is 0 Å². The number of aliphatic hydroxyl groups is 1. The average molecular weight is 243 g/mol. The van der Waals surface area contributed by atoms with Crippen molar-refractivity contribution in [2.45, 2.75) is 71.6 Å². The van der Waals surface area contributed by atoms with Gasteiger partial charge in [0.2, 0.25) is 0 Å². The summed E-state index contributed by atoms with van der Waals surface area (Å²) in [7, 11) is 0. The highest BCUT2D eigenvalue weighted by molar-refractivity contribution is 4.54. The Labute approximate surface area is 108 Å². The Hall–Kier alpha value is -0.0800. The highest BCUT2D eigenvalue weighted by Gasteiger charge is 1.98. The minimum absolute atomic E-state index is 0.331. The molecule has 2 heteroatoms. The van der Waals surface area contributed by atoms with Gasteiger partial charge in [0.25, 0.3) is 0 Å². The van der Waals surface area contributed by atoms with Gasteiger partial charge in [-0.05, 0) is 38.3 Å². The first-order chi connectivity index (χ1) is 8.31. The number of nitrogens with one attached hydrogen (secondary N) is 1. The van der Waals surface area contributed by atoms with Crippen LogP contribution in [0, 0.1) is 5.92 Å². The van der Waals surface area contributed by atoms with Crippen LogP contribution in [-0.4, -0.2) is 24.8 Å². The van der Waals surface area contributed by atoms with E-state index in [0.717, 1.165) is 13.0 Å². The molecule has 0 spiro atoms. The van der Waals surface area contributed by atoms with Gasteiger partial charge in [0.15, 0.2) is 0 Å². The molecular weight excluding hydrogens is 210 g/mol. The quantitative estimate of drug-likeness (QED) is 0.483. The summed E-state index contributed by atoms with van der Waals surface area (Å²) in [6.45, 7) is 6.98. The van der Waals surface area contributed by atoms with Gasteiger partial charge in [0.05, 0.1) is 0 Å². The van der Waals surface area contributed by atoms with Crippen LogP contribution in [0.4, 0.5) is 0 Å². The van der Waals surface area contributed by atoms with E-state index in [-0.39, 0.29) is 0 Å². The molecule has 104 valence electrons. The summed E-state index contributed by atoms with van der Waals surface area (Å²) in [4.78, 5) is 0. The topological polar surface area (TPSA) is 32.3 Å². The molecule has 17 heavy (non-hydrogen) atoms. The van der Waals surface area contributed by atoms with Crippen molar-refractivity contribution >= 4 is 0 Å². The van der Waals surface area contributed by atoms with Gasteiger partial charge in [-0.15, -0.1) is 0 Å². The largest absolute Gasteiger partial charge is 0.396 e. The minimum Gasteiger partial charge on any atom is -0.396 e. The van der Waals surface area contributed by atoms with Crippen molar-refractivity contribution in [3.05, 3.63) is 0 Å². The van der Waals surface area contributed by atoms with E-state index in [9.17, 15) is 0 Å². The van der Waals surface area contributed by atoms with Crippen LogP contribution in [0.15, 0.2) is 0 Å². The first kappa shape index (κ1) is 16.9. The summed E-state index contributed by atoms with van der Waals surface area (Å²) < 4.78 is 0. The number of unbranched alkanes of at least 4 members (excludes halogenated alkanes) is 6. The van der Waals surface area contributed by atoms with Crippen molar-refractivity contribution in [2.75, 3.05) is 19.7 Å². The summed E-state index contributed by atoms with van der Waals surface area (Å²) >= 11 is 0. The van der Waals surface area contributed by atoms with Crippen molar-refractivity contribution in [1.82, 2.24) is 5.32 Å². The molecule has 0 aliphatic carbocycles. The maximum atomic E-state index is 8.88. The monoisotopic (exact) mass is 243 g/mol. The molecule has 0 bridgehead atoms. The van der Waals surface area contributed by atoms with Crippen LogP contribution < -0.4 is 5.32 Å².